The van der Waals surface area contributed by atoms with Crippen LogP contribution in [-0.4, -0.2) is 11.1 Å². The van der Waals surface area contributed by atoms with E-state index in [0.717, 1.165) is 24.8 Å². The molecule has 1 atom stereocenters. The number of cyclic esters (lactones) is 1. The molecule has 0 amide bonds. The molecular weight excluding hydrogens is 192 g/mol. The van der Waals surface area contributed by atoms with Crippen LogP contribution in [0, 0.1) is 0 Å². The molecule has 1 aromatic rings. The molecule has 0 radical (unpaired) electrons. The number of carbonyl (C=O) groups excluding carboxylic acids is 1. The molecule has 1 N–H and O–H groups in total. The molecule has 0 saturated carbocycles. The van der Waals surface area contributed by atoms with E-state index in [4.69, 9.17) is 4.74 Å². The zero-order chi connectivity index (χ0) is 10.8. The van der Waals surface area contributed by atoms with Crippen LogP contribution in [0.2, 0.25) is 0 Å². The largest absolute Gasteiger partial charge is 0.508 e. The van der Waals surface area contributed by atoms with Gasteiger partial charge in [0.15, 0.2) is 0 Å². The van der Waals surface area contributed by atoms with Gasteiger partial charge in [-0.3, -0.25) is 0 Å². The Balaban J connectivity index is 2.27. The van der Waals surface area contributed by atoms with Crippen LogP contribution in [0.15, 0.2) is 18.2 Å². The first-order chi connectivity index (χ1) is 7.22. The van der Waals surface area contributed by atoms with E-state index >= 15 is 0 Å². The van der Waals surface area contributed by atoms with Crippen LogP contribution >= 0.6 is 0 Å². The zero-order valence-electron chi connectivity index (χ0n) is 8.69. The Kier molecular flexibility index (Phi) is 2.62. The third-order valence-electron chi connectivity index (χ3n) is 2.67. The van der Waals surface area contributed by atoms with Crippen molar-refractivity contribution >= 4 is 5.97 Å². The number of phenols is 1. The third-order valence-corrected chi connectivity index (χ3v) is 2.67. The second kappa shape index (κ2) is 3.93. The monoisotopic (exact) mass is 206 g/mol. The van der Waals surface area contributed by atoms with Crippen molar-refractivity contribution in [2.45, 2.75) is 32.3 Å². The molecular formula is C12H14O3. The number of benzene rings is 1. The number of unbranched alkanes of at least 4 members (excludes halogenated alkanes) is 1. The summed E-state index contributed by atoms with van der Waals surface area (Å²) in [6.07, 6.45) is 2.76. The first kappa shape index (κ1) is 10.0. The fraction of sp³-hybridized carbons (Fsp3) is 0.417. The lowest BCUT2D eigenvalue weighted by molar-refractivity contribution is 0.0364. The average Bonchev–Trinajstić information content (AvgIpc) is 2.52. The number of esters is 1. The summed E-state index contributed by atoms with van der Waals surface area (Å²) in [5, 5.41) is 9.36. The van der Waals surface area contributed by atoms with Crippen molar-refractivity contribution < 1.29 is 14.6 Å². The van der Waals surface area contributed by atoms with Crippen molar-refractivity contribution in [3.05, 3.63) is 29.3 Å². The molecule has 0 bridgehead atoms. The van der Waals surface area contributed by atoms with E-state index in [1.54, 1.807) is 12.1 Å². The Morgan fingerprint density at radius 3 is 3.00 bits per heavy atom. The Morgan fingerprint density at radius 1 is 1.47 bits per heavy atom. The zero-order valence-corrected chi connectivity index (χ0v) is 8.69. The summed E-state index contributed by atoms with van der Waals surface area (Å²) in [7, 11) is 0. The van der Waals surface area contributed by atoms with Gasteiger partial charge in [-0.15, -0.1) is 0 Å². The summed E-state index contributed by atoms with van der Waals surface area (Å²) >= 11 is 0. The minimum atomic E-state index is -0.272. The van der Waals surface area contributed by atoms with Crippen LogP contribution in [0.25, 0.3) is 0 Å². The van der Waals surface area contributed by atoms with Gasteiger partial charge in [0.25, 0.3) is 0 Å². The molecule has 0 unspecified atom stereocenters. The number of hydrogen-bond donors (Lipinski definition) is 1. The van der Waals surface area contributed by atoms with Gasteiger partial charge < -0.3 is 9.84 Å². The fourth-order valence-corrected chi connectivity index (χ4v) is 1.86. The highest BCUT2D eigenvalue weighted by molar-refractivity contribution is 5.94. The molecule has 0 spiro atoms. The maximum Gasteiger partial charge on any atom is 0.339 e. The van der Waals surface area contributed by atoms with E-state index in [-0.39, 0.29) is 17.8 Å². The highest BCUT2D eigenvalue weighted by atomic mass is 16.5. The summed E-state index contributed by atoms with van der Waals surface area (Å²) in [6, 6.07) is 4.77. The number of phenolic OH excluding ortho intramolecular Hbond substituents is 1. The SMILES string of the molecule is CCCC[C@H]1OC(=O)c2ccc(O)cc21. The van der Waals surface area contributed by atoms with Crippen LogP contribution in [0.3, 0.4) is 0 Å². The van der Waals surface area contributed by atoms with Crippen LogP contribution in [0.4, 0.5) is 0 Å². The maximum absolute atomic E-state index is 11.4. The Hall–Kier alpha value is -1.51. The van der Waals surface area contributed by atoms with Gasteiger partial charge in [-0.1, -0.05) is 13.3 Å². The second-order valence-corrected chi connectivity index (χ2v) is 3.81. The summed E-state index contributed by atoms with van der Waals surface area (Å²) in [5.41, 5.74) is 1.42. The quantitative estimate of drug-likeness (QED) is 0.773. The molecule has 2 rings (SSSR count). The van der Waals surface area contributed by atoms with Gasteiger partial charge in [0, 0.05) is 5.56 Å². The standard InChI is InChI=1S/C12H14O3/c1-2-3-4-11-10-7-8(13)5-6-9(10)12(14)15-11/h5-7,11,13H,2-4H2,1H3/t11-/m1/s1. The van der Waals surface area contributed by atoms with Crippen molar-refractivity contribution in [2.75, 3.05) is 0 Å². The molecule has 0 saturated heterocycles. The lowest BCUT2D eigenvalue weighted by Crippen LogP contribution is -1.98. The van der Waals surface area contributed by atoms with Crippen LogP contribution < -0.4 is 0 Å². The van der Waals surface area contributed by atoms with Gasteiger partial charge in [-0.2, -0.15) is 0 Å². The summed E-state index contributed by atoms with van der Waals surface area (Å²) in [6.45, 7) is 2.10. The summed E-state index contributed by atoms with van der Waals surface area (Å²) in [5.74, 6) is -0.0837. The van der Waals surface area contributed by atoms with Gasteiger partial charge in [0.1, 0.15) is 11.9 Å². The lowest BCUT2D eigenvalue weighted by atomic mass is 10.0. The van der Waals surface area contributed by atoms with Crippen molar-refractivity contribution in [3.8, 4) is 5.75 Å². The molecule has 80 valence electrons. The van der Waals surface area contributed by atoms with E-state index in [1.807, 2.05) is 0 Å². The van der Waals surface area contributed by atoms with E-state index in [9.17, 15) is 9.90 Å². The van der Waals surface area contributed by atoms with Gasteiger partial charge in [0.2, 0.25) is 0 Å². The molecule has 15 heavy (non-hydrogen) atoms. The third kappa shape index (κ3) is 1.82. The van der Waals surface area contributed by atoms with Crippen molar-refractivity contribution in [3.63, 3.8) is 0 Å². The second-order valence-electron chi connectivity index (χ2n) is 3.81. The van der Waals surface area contributed by atoms with Crippen LogP contribution in [0.1, 0.15) is 48.2 Å². The highest BCUT2D eigenvalue weighted by Gasteiger charge is 2.30. The van der Waals surface area contributed by atoms with Crippen LogP contribution in [-0.2, 0) is 4.74 Å². The van der Waals surface area contributed by atoms with Gasteiger partial charge >= 0.3 is 5.97 Å². The summed E-state index contributed by atoms with van der Waals surface area (Å²) in [4.78, 5) is 11.4. The number of fused-ring (bicyclic) bond motifs is 1. The molecule has 1 aliphatic rings. The van der Waals surface area contributed by atoms with Crippen molar-refractivity contribution in [2.24, 2.45) is 0 Å². The van der Waals surface area contributed by atoms with E-state index in [0.29, 0.717) is 5.56 Å². The predicted molar refractivity (Wildman–Crippen MR) is 55.8 cm³/mol. The molecule has 1 aliphatic heterocycles. The van der Waals surface area contributed by atoms with Gasteiger partial charge in [-0.25, -0.2) is 4.79 Å². The smallest absolute Gasteiger partial charge is 0.339 e. The predicted octanol–water partition coefficient (Wildman–Crippen LogP) is 2.79. The Bertz CT molecular complexity index is 384. The van der Waals surface area contributed by atoms with Crippen molar-refractivity contribution in [1.82, 2.24) is 0 Å². The topological polar surface area (TPSA) is 46.5 Å². The normalized spacial score (nSPS) is 18.7. The molecule has 0 aromatic heterocycles. The molecule has 1 heterocycles. The average molecular weight is 206 g/mol. The Morgan fingerprint density at radius 2 is 2.27 bits per heavy atom. The fourth-order valence-electron chi connectivity index (χ4n) is 1.86. The first-order valence-corrected chi connectivity index (χ1v) is 5.26. The van der Waals surface area contributed by atoms with E-state index < -0.39 is 0 Å². The molecule has 3 heteroatoms. The Labute approximate surface area is 88.7 Å². The first-order valence-electron chi connectivity index (χ1n) is 5.26. The van der Waals surface area contributed by atoms with Gasteiger partial charge in [-0.05, 0) is 31.0 Å². The number of hydrogen-bond acceptors (Lipinski definition) is 3. The lowest BCUT2D eigenvalue weighted by Gasteiger charge is -2.09. The highest BCUT2D eigenvalue weighted by Crippen LogP contribution is 2.35. The minimum Gasteiger partial charge on any atom is -0.508 e. The number of carbonyl (C=O) groups is 1. The van der Waals surface area contributed by atoms with E-state index in [2.05, 4.69) is 6.92 Å². The van der Waals surface area contributed by atoms with Crippen LogP contribution in [0.5, 0.6) is 5.75 Å². The number of ether oxygens (including phenoxy) is 1. The molecule has 3 nitrogen and oxygen atoms in total. The molecule has 0 fully saturated rings. The molecule has 1 aromatic carbocycles. The van der Waals surface area contributed by atoms with Crippen molar-refractivity contribution in [1.29, 1.82) is 0 Å². The number of rotatable bonds is 3. The minimum absolute atomic E-state index is 0.167. The maximum atomic E-state index is 11.4. The van der Waals surface area contributed by atoms with E-state index in [1.165, 1.54) is 6.07 Å². The van der Waals surface area contributed by atoms with Gasteiger partial charge in [0.05, 0.1) is 5.56 Å². The number of aromatic hydroxyl groups is 1. The summed E-state index contributed by atoms with van der Waals surface area (Å²) < 4.78 is 5.24. The molecule has 0 aliphatic carbocycles.